The lowest BCUT2D eigenvalue weighted by molar-refractivity contribution is -0.128. The molecule has 0 saturated carbocycles. The fraction of sp³-hybridized carbons (Fsp3) is 0.455. The Balaban J connectivity index is 2.09. The van der Waals surface area contributed by atoms with Gasteiger partial charge in [0, 0.05) is 19.2 Å². The molecule has 3 nitrogen and oxygen atoms in total. The molecule has 0 bridgehead atoms. The van der Waals surface area contributed by atoms with Gasteiger partial charge in [0.2, 0.25) is 5.91 Å². The van der Waals surface area contributed by atoms with Crippen molar-refractivity contribution in [3.63, 3.8) is 0 Å². The molecule has 1 aromatic heterocycles. The lowest BCUT2D eigenvalue weighted by atomic mass is 10.2. The fourth-order valence-electron chi connectivity index (χ4n) is 1.74. The highest BCUT2D eigenvalue weighted by Crippen LogP contribution is 2.19. The summed E-state index contributed by atoms with van der Waals surface area (Å²) in [6.07, 6.45) is 2.20. The van der Waals surface area contributed by atoms with E-state index in [0.29, 0.717) is 19.5 Å². The van der Waals surface area contributed by atoms with Gasteiger partial charge >= 0.3 is 0 Å². The van der Waals surface area contributed by atoms with E-state index in [2.05, 4.69) is 4.98 Å². The Morgan fingerprint density at radius 3 is 3.07 bits per heavy atom. The van der Waals surface area contributed by atoms with Crippen LogP contribution in [0, 0.1) is 6.92 Å². The average Bonchev–Trinajstić information content (AvgIpc) is 2.49. The van der Waals surface area contributed by atoms with Gasteiger partial charge in [0.1, 0.15) is 0 Å². The van der Waals surface area contributed by atoms with E-state index >= 15 is 0 Å². The predicted molar refractivity (Wildman–Crippen MR) is 58.6 cm³/mol. The second kappa shape index (κ2) is 4.19. The molecule has 80 valence electrons. The molecular weight excluding hydrogens is 212 g/mol. The molecule has 1 saturated heterocycles. The van der Waals surface area contributed by atoms with Crippen molar-refractivity contribution in [2.24, 2.45) is 0 Å². The van der Waals surface area contributed by atoms with E-state index in [4.69, 9.17) is 11.6 Å². The molecule has 4 heteroatoms. The van der Waals surface area contributed by atoms with Gasteiger partial charge in [-0.3, -0.25) is 9.78 Å². The fourth-order valence-corrected chi connectivity index (χ4v) is 2.04. The van der Waals surface area contributed by atoms with Gasteiger partial charge < -0.3 is 4.90 Å². The van der Waals surface area contributed by atoms with Gasteiger partial charge in [-0.15, -0.1) is 11.6 Å². The van der Waals surface area contributed by atoms with Crippen LogP contribution < -0.4 is 0 Å². The van der Waals surface area contributed by atoms with Crippen molar-refractivity contribution in [3.05, 3.63) is 29.6 Å². The summed E-state index contributed by atoms with van der Waals surface area (Å²) in [6.45, 7) is 3.21. The third kappa shape index (κ3) is 2.29. The van der Waals surface area contributed by atoms with Gasteiger partial charge in [-0.2, -0.15) is 0 Å². The summed E-state index contributed by atoms with van der Waals surface area (Å²) < 4.78 is 0. The van der Waals surface area contributed by atoms with Gasteiger partial charge in [-0.05, 0) is 18.6 Å². The molecular formula is C11H13ClN2O. The highest BCUT2D eigenvalue weighted by Gasteiger charge is 2.28. The second-order valence-electron chi connectivity index (χ2n) is 3.84. The Morgan fingerprint density at radius 1 is 1.67 bits per heavy atom. The van der Waals surface area contributed by atoms with Gasteiger partial charge in [-0.25, -0.2) is 0 Å². The Bertz CT molecular complexity index is 381. The van der Waals surface area contributed by atoms with Crippen molar-refractivity contribution in [1.82, 2.24) is 9.88 Å². The zero-order valence-corrected chi connectivity index (χ0v) is 9.37. The Morgan fingerprint density at radius 2 is 2.47 bits per heavy atom. The number of hydrogen-bond acceptors (Lipinski definition) is 2. The van der Waals surface area contributed by atoms with Gasteiger partial charge in [0.05, 0.1) is 17.6 Å². The molecule has 2 heterocycles. The third-order valence-electron chi connectivity index (χ3n) is 2.63. The van der Waals surface area contributed by atoms with Crippen molar-refractivity contribution in [2.75, 3.05) is 6.54 Å². The van der Waals surface area contributed by atoms with Crippen molar-refractivity contribution in [2.45, 2.75) is 25.3 Å². The summed E-state index contributed by atoms with van der Waals surface area (Å²) in [5, 5.41) is -0.0403. The van der Waals surface area contributed by atoms with Crippen LogP contribution >= 0.6 is 11.6 Å². The van der Waals surface area contributed by atoms with Gasteiger partial charge in [-0.1, -0.05) is 6.07 Å². The number of carbonyl (C=O) groups is 1. The van der Waals surface area contributed by atoms with Crippen LogP contribution in [0.25, 0.3) is 0 Å². The molecule has 1 fully saturated rings. The molecule has 1 aliphatic heterocycles. The summed E-state index contributed by atoms with van der Waals surface area (Å²) in [5.41, 5.74) is 2.07. The standard InChI is InChI=1S/C11H13ClN2O/c1-8-3-2-4-13-10(8)7-14-6-9(12)5-11(14)15/h2-4,9H,5-7H2,1H3. The van der Waals surface area contributed by atoms with Crippen molar-refractivity contribution < 1.29 is 4.79 Å². The molecule has 0 radical (unpaired) electrons. The summed E-state index contributed by atoms with van der Waals surface area (Å²) in [4.78, 5) is 17.5. The summed E-state index contributed by atoms with van der Waals surface area (Å²) in [6, 6.07) is 3.90. The zero-order valence-electron chi connectivity index (χ0n) is 8.61. The van der Waals surface area contributed by atoms with Crippen LogP contribution in [0.2, 0.25) is 0 Å². The molecule has 0 aliphatic carbocycles. The highest BCUT2D eigenvalue weighted by molar-refractivity contribution is 6.22. The van der Waals surface area contributed by atoms with Crippen LogP contribution in [-0.4, -0.2) is 27.7 Å². The number of aromatic nitrogens is 1. The summed E-state index contributed by atoms with van der Waals surface area (Å²) >= 11 is 5.92. The van der Waals surface area contributed by atoms with Crippen LogP contribution in [-0.2, 0) is 11.3 Å². The SMILES string of the molecule is Cc1cccnc1CN1CC(Cl)CC1=O. The zero-order chi connectivity index (χ0) is 10.8. The molecule has 0 spiro atoms. The molecule has 2 rings (SSSR count). The minimum absolute atomic E-state index is 0.0403. The normalized spacial score (nSPS) is 21.1. The minimum atomic E-state index is -0.0403. The van der Waals surface area contributed by atoms with E-state index in [9.17, 15) is 4.79 Å². The second-order valence-corrected chi connectivity index (χ2v) is 4.46. The summed E-state index contributed by atoms with van der Waals surface area (Å²) in [7, 11) is 0. The first-order valence-corrected chi connectivity index (χ1v) is 5.43. The van der Waals surface area contributed by atoms with Crippen LogP contribution in [0.15, 0.2) is 18.3 Å². The Kier molecular flexibility index (Phi) is 2.91. The van der Waals surface area contributed by atoms with Crippen LogP contribution in [0.5, 0.6) is 0 Å². The molecule has 0 N–H and O–H groups in total. The molecule has 1 unspecified atom stereocenters. The van der Waals surface area contributed by atoms with E-state index in [1.54, 1.807) is 11.1 Å². The van der Waals surface area contributed by atoms with Crippen LogP contribution in [0.3, 0.4) is 0 Å². The number of nitrogens with zero attached hydrogens (tertiary/aromatic N) is 2. The van der Waals surface area contributed by atoms with Crippen molar-refractivity contribution >= 4 is 17.5 Å². The van der Waals surface area contributed by atoms with Crippen molar-refractivity contribution in [3.8, 4) is 0 Å². The lowest BCUT2D eigenvalue weighted by Crippen LogP contribution is -2.25. The maximum absolute atomic E-state index is 11.5. The third-order valence-corrected chi connectivity index (χ3v) is 2.92. The topological polar surface area (TPSA) is 33.2 Å². The number of halogens is 1. The quantitative estimate of drug-likeness (QED) is 0.717. The van der Waals surface area contributed by atoms with E-state index < -0.39 is 0 Å². The summed E-state index contributed by atoms with van der Waals surface area (Å²) in [5.74, 6) is 0.125. The number of likely N-dealkylation sites (tertiary alicyclic amines) is 1. The Hall–Kier alpha value is -1.09. The van der Waals surface area contributed by atoms with E-state index in [-0.39, 0.29) is 11.3 Å². The minimum Gasteiger partial charge on any atom is -0.335 e. The van der Waals surface area contributed by atoms with Crippen molar-refractivity contribution in [1.29, 1.82) is 0 Å². The largest absolute Gasteiger partial charge is 0.335 e. The number of alkyl halides is 1. The van der Waals surface area contributed by atoms with E-state index in [1.807, 2.05) is 19.1 Å². The first-order chi connectivity index (χ1) is 7.16. The van der Waals surface area contributed by atoms with Crippen LogP contribution in [0.1, 0.15) is 17.7 Å². The van der Waals surface area contributed by atoms with E-state index in [1.165, 1.54) is 0 Å². The number of carbonyl (C=O) groups excluding carboxylic acids is 1. The maximum Gasteiger partial charge on any atom is 0.224 e. The lowest BCUT2D eigenvalue weighted by Gasteiger charge is -2.16. The van der Waals surface area contributed by atoms with Gasteiger partial charge in [0.25, 0.3) is 0 Å². The molecule has 1 atom stereocenters. The van der Waals surface area contributed by atoms with Crippen LogP contribution in [0.4, 0.5) is 0 Å². The number of aryl methyl sites for hydroxylation is 1. The first kappa shape index (κ1) is 10.4. The predicted octanol–water partition coefficient (Wildman–Crippen LogP) is 1.73. The molecule has 1 aliphatic rings. The molecule has 15 heavy (non-hydrogen) atoms. The molecule has 0 aromatic carbocycles. The first-order valence-electron chi connectivity index (χ1n) is 4.99. The monoisotopic (exact) mass is 224 g/mol. The Labute approximate surface area is 94.1 Å². The number of amides is 1. The number of hydrogen-bond donors (Lipinski definition) is 0. The number of rotatable bonds is 2. The average molecular weight is 225 g/mol. The highest BCUT2D eigenvalue weighted by atomic mass is 35.5. The van der Waals surface area contributed by atoms with Gasteiger partial charge in [0.15, 0.2) is 0 Å². The smallest absolute Gasteiger partial charge is 0.224 e. The maximum atomic E-state index is 11.5. The number of pyridine rings is 1. The molecule has 1 aromatic rings. The molecule has 1 amide bonds. The van der Waals surface area contributed by atoms with E-state index in [0.717, 1.165) is 11.3 Å².